The molecule has 1 heterocycles. The van der Waals surface area contributed by atoms with E-state index in [1.807, 2.05) is 35.7 Å². The molecule has 29 heavy (non-hydrogen) atoms. The first-order chi connectivity index (χ1) is 14.0. The van der Waals surface area contributed by atoms with Crippen LogP contribution in [0.5, 0.6) is 0 Å². The van der Waals surface area contributed by atoms with Crippen molar-refractivity contribution in [2.24, 2.45) is 0 Å². The molecule has 0 amide bonds. The third-order valence-corrected chi connectivity index (χ3v) is 5.83. The molecule has 0 aliphatic heterocycles. The van der Waals surface area contributed by atoms with Crippen molar-refractivity contribution in [2.75, 3.05) is 0 Å². The maximum atomic E-state index is 12.2. The summed E-state index contributed by atoms with van der Waals surface area (Å²) in [4.78, 5) is 28.1. The SMILES string of the molecule is O=C(O)C1([N+](=O)[O-])C=C(c2nc(-c3ccccc3)cs2)C=CC1c1ccccc1. The lowest BCUT2D eigenvalue weighted by molar-refractivity contribution is -0.543. The van der Waals surface area contributed by atoms with E-state index in [0.29, 0.717) is 16.1 Å². The highest BCUT2D eigenvalue weighted by atomic mass is 32.1. The highest BCUT2D eigenvalue weighted by Gasteiger charge is 2.57. The highest BCUT2D eigenvalue weighted by molar-refractivity contribution is 7.11. The largest absolute Gasteiger partial charge is 0.476 e. The van der Waals surface area contributed by atoms with Gasteiger partial charge in [0.2, 0.25) is 0 Å². The first kappa shape index (κ1) is 18.8. The summed E-state index contributed by atoms with van der Waals surface area (Å²) in [7, 11) is 0. The third kappa shape index (κ3) is 3.25. The van der Waals surface area contributed by atoms with Crippen LogP contribution in [-0.4, -0.2) is 26.5 Å². The van der Waals surface area contributed by atoms with E-state index in [2.05, 4.69) is 4.98 Å². The predicted octanol–water partition coefficient (Wildman–Crippen LogP) is 4.65. The number of hydrogen-bond donors (Lipinski definition) is 1. The molecule has 7 heteroatoms. The molecule has 0 saturated carbocycles. The molecular formula is C22H16N2O4S. The molecular weight excluding hydrogens is 388 g/mol. The molecule has 1 aliphatic carbocycles. The minimum atomic E-state index is -2.30. The Morgan fingerprint density at radius 2 is 1.76 bits per heavy atom. The quantitative estimate of drug-likeness (QED) is 0.494. The van der Waals surface area contributed by atoms with Crippen molar-refractivity contribution in [1.82, 2.24) is 4.98 Å². The predicted molar refractivity (Wildman–Crippen MR) is 111 cm³/mol. The Hall–Kier alpha value is -3.58. The van der Waals surface area contributed by atoms with E-state index in [1.165, 1.54) is 17.4 Å². The van der Waals surface area contributed by atoms with Gasteiger partial charge in [-0.15, -0.1) is 11.3 Å². The normalized spacial score (nSPS) is 20.8. The van der Waals surface area contributed by atoms with Gasteiger partial charge in [0, 0.05) is 27.5 Å². The molecule has 6 nitrogen and oxygen atoms in total. The summed E-state index contributed by atoms with van der Waals surface area (Å²) in [5, 5.41) is 24.3. The number of allylic oxidation sites excluding steroid dienone is 2. The zero-order chi connectivity index (χ0) is 20.4. The van der Waals surface area contributed by atoms with Crippen LogP contribution < -0.4 is 0 Å². The Kier molecular flexibility index (Phi) is 4.82. The van der Waals surface area contributed by atoms with Crippen molar-refractivity contribution >= 4 is 22.9 Å². The monoisotopic (exact) mass is 404 g/mol. The number of rotatable bonds is 5. The fraction of sp³-hybridized carbons (Fsp3) is 0.0909. The molecule has 3 aromatic rings. The smallest absolute Gasteiger partial charge is 0.387 e. The van der Waals surface area contributed by atoms with Gasteiger partial charge in [0.15, 0.2) is 0 Å². The summed E-state index contributed by atoms with van der Waals surface area (Å²) in [5.74, 6) is -2.42. The average molecular weight is 404 g/mol. The Labute approximate surface area is 170 Å². The summed E-state index contributed by atoms with van der Waals surface area (Å²) in [6.45, 7) is 0. The van der Waals surface area contributed by atoms with Gasteiger partial charge in [-0.3, -0.25) is 10.1 Å². The molecule has 0 saturated heterocycles. The second-order valence-corrected chi connectivity index (χ2v) is 7.50. The van der Waals surface area contributed by atoms with E-state index in [0.717, 1.165) is 11.3 Å². The minimum Gasteiger partial charge on any atom is -0.476 e. The van der Waals surface area contributed by atoms with Crippen molar-refractivity contribution < 1.29 is 14.8 Å². The molecule has 0 bridgehead atoms. The van der Waals surface area contributed by atoms with E-state index in [1.54, 1.807) is 42.5 Å². The van der Waals surface area contributed by atoms with E-state index in [9.17, 15) is 20.0 Å². The average Bonchev–Trinajstić information content (AvgIpc) is 3.24. The summed E-state index contributed by atoms with van der Waals surface area (Å²) >= 11 is 1.33. The number of carbonyl (C=O) groups is 1. The number of carboxylic acids is 1. The minimum absolute atomic E-state index is 0.434. The molecule has 4 rings (SSSR count). The molecule has 1 aliphatic rings. The van der Waals surface area contributed by atoms with Gasteiger partial charge in [-0.05, 0) is 5.56 Å². The Bertz CT molecular complexity index is 1110. The lowest BCUT2D eigenvalue weighted by Gasteiger charge is -2.28. The number of carboxylic acid groups (broad SMARTS) is 1. The Morgan fingerprint density at radius 1 is 1.10 bits per heavy atom. The molecule has 2 aromatic carbocycles. The molecule has 0 radical (unpaired) electrons. The van der Waals surface area contributed by atoms with Gasteiger partial charge < -0.3 is 5.11 Å². The zero-order valence-electron chi connectivity index (χ0n) is 15.1. The van der Waals surface area contributed by atoms with Crippen LogP contribution in [0.2, 0.25) is 0 Å². The number of aliphatic carboxylic acids is 1. The van der Waals surface area contributed by atoms with Gasteiger partial charge in [0.05, 0.1) is 11.6 Å². The second-order valence-electron chi connectivity index (χ2n) is 6.64. The van der Waals surface area contributed by atoms with E-state index in [-0.39, 0.29) is 0 Å². The topological polar surface area (TPSA) is 93.3 Å². The molecule has 2 atom stereocenters. The number of nitro groups is 1. The van der Waals surface area contributed by atoms with E-state index < -0.39 is 22.3 Å². The van der Waals surface area contributed by atoms with Crippen LogP contribution in [0.15, 0.2) is 84.3 Å². The van der Waals surface area contributed by atoms with Crippen LogP contribution in [0, 0.1) is 10.1 Å². The van der Waals surface area contributed by atoms with E-state index >= 15 is 0 Å². The molecule has 2 unspecified atom stereocenters. The summed E-state index contributed by atoms with van der Waals surface area (Å²) in [6, 6.07) is 18.2. The van der Waals surface area contributed by atoms with Crippen molar-refractivity contribution in [3.8, 4) is 11.3 Å². The fourth-order valence-corrected chi connectivity index (χ4v) is 4.29. The maximum absolute atomic E-state index is 12.2. The molecule has 0 spiro atoms. The second kappa shape index (κ2) is 7.44. The van der Waals surface area contributed by atoms with Crippen LogP contribution in [0.1, 0.15) is 16.5 Å². The Morgan fingerprint density at radius 3 is 2.38 bits per heavy atom. The first-order valence-corrected chi connectivity index (χ1v) is 9.75. The first-order valence-electron chi connectivity index (χ1n) is 8.87. The van der Waals surface area contributed by atoms with Gasteiger partial charge in [-0.2, -0.15) is 0 Å². The van der Waals surface area contributed by atoms with Crippen LogP contribution in [0.4, 0.5) is 0 Å². The van der Waals surface area contributed by atoms with Gasteiger partial charge in [-0.25, -0.2) is 9.78 Å². The van der Waals surface area contributed by atoms with Crippen molar-refractivity contribution in [3.63, 3.8) is 0 Å². The molecule has 144 valence electrons. The van der Waals surface area contributed by atoms with Gasteiger partial charge in [0.25, 0.3) is 0 Å². The van der Waals surface area contributed by atoms with Gasteiger partial charge >= 0.3 is 11.5 Å². The number of benzene rings is 2. The Balaban J connectivity index is 1.80. The van der Waals surface area contributed by atoms with Crippen molar-refractivity contribution in [2.45, 2.75) is 11.5 Å². The summed E-state index contributed by atoms with van der Waals surface area (Å²) in [6.07, 6.45) is 4.53. The van der Waals surface area contributed by atoms with Crippen LogP contribution in [0.3, 0.4) is 0 Å². The lowest BCUT2D eigenvalue weighted by Crippen LogP contribution is -2.50. The molecule has 0 fully saturated rings. The zero-order valence-corrected chi connectivity index (χ0v) is 16.0. The van der Waals surface area contributed by atoms with Crippen LogP contribution in [0.25, 0.3) is 16.8 Å². The molecule has 1 aromatic heterocycles. The number of thiazole rings is 1. The maximum Gasteiger partial charge on any atom is 0.387 e. The van der Waals surface area contributed by atoms with Crippen molar-refractivity contribution in [1.29, 1.82) is 0 Å². The summed E-state index contributed by atoms with van der Waals surface area (Å²) in [5.41, 5.74) is 0.374. The number of nitrogens with zero attached hydrogens (tertiary/aromatic N) is 2. The molecule has 1 N–H and O–H groups in total. The number of hydrogen-bond acceptors (Lipinski definition) is 5. The highest BCUT2D eigenvalue weighted by Crippen LogP contribution is 2.41. The van der Waals surface area contributed by atoms with Crippen LogP contribution >= 0.6 is 11.3 Å². The third-order valence-electron chi connectivity index (χ3n) is 4.94. The van der Waals surface area contributed by atoms with Gasteiger partial charge in [0.1, 0.15) is 5.01 Å². The standard InChI is InChI=1S/C22H16N2O4S/c25-21(26)22(24(27)28)13-17(11-12-18(22)15-7-3-1-4-8-15)20-23-19(14-29-20)16-9-5-2-6-10-16/h1-14,18H,(H,25,26). The number of aromatic nitrogens is 1. The van der Waals surface area contributed by atoms with Crippen molar-refractivity contribution in [3.05, 3.63) is 105 Å². The van der Waals surface area contributed by atoms with Gasteiger partial charge in [-0.1, -0.05) is 72.8 Å². The summed E-state index contributed by atoms with van der Waals surface area (Å²) < 4.78 is 0. The van der Waals surface area contributed by atoms with E-state index in [4.69, 9.17) is 0 Å². The van der Waals surface area contributed by atoms with Crippen LogP contribution in [-0.2, 0) is 4.79 Å². The lowest BCUT2D eigenvalue weighted by atomic mass is 9.75. The fourth-order valence-electron chi connectivity index (χ4n) is 3.47.